The van der Waals surface area contributed by atoms with E-state index < -0.39 is 33.1 Å². The summed E-state index contributed by atoms with van der Waals surface area (Å²) in [5.41, 5.74) is 4.80. The largest absolute Gasteiger partial charge is 0.367 e. The summed E-state index contributed by atoms with van der Waals surface area (Å²) >= 11 is 0. The molecule has 1 amide bonds. The van der Waals surface area contributed by atoms with E-state index >= 15 is 0 Å². The Hall–Kier alpha value is -2.04. The maximum Gasteiger partial charge on any atom is 0.270 e. The van der Waals surface area contributed by atoms with Crippen LogP contribution in [-0.4, -0.2) is 38.0 Å². The Labute approximate surface area is 126 Å². The number of nitro groups is 1. The lowest BCUT2D eigenvalue weighted by Gasteiger charge is -2.13. The summed E-state index contributed by atoms with van der Waals surface area (Å²) in [7, 11) is -3.89. The monoisotopic (exact) mass is 329 g/mol. The first-order valence-corrected chi connectivity index (χ1v) is 7.97. The highest BCUT2D eigenvalue weighted by Crippen LogP contribution is 2.20. The molecular weight excluding hydrogens is 314 g/mol. The second-order valence-corrected chi connectivity index (χ2v) is 6.60. The summed E-state index contributed by atoms with van der Waals surface area (Å²) in [6.07, 6.45) is -0.206. The van der Waals surface area contributed by atoms with Crippen molar-refractivity contribution in [3.05, 3.63) is 34.4 Å². The quantitative estimate of drug-likeness (QED) is 0.551. The minimum absolute atomic E-state index is 0.0329. The molecular formula is C12H15N3O6S. The lowest BCUT2D eigenvalue weighted by Crippen LogP contribution is -2.34. The van der Waals surface area contributed by atoms with E-state index in [2.05, 4.69) is 4.72 Å². The Morgan fingerprint density at radius 1 is 1.45 bits per heavy atom. The number of hydrogen-bond acceptors (Lipinski definition) is 6. The van der Waals surface area contributed by atoms with E-state index in [9.17, 15) is 23.3 Å². The molecule has 0 aliphatic carbocycles. The van der Waals surface area contributed by atoms with Gasteiger partial charge in [0.1, 0.15) is 6.10 Å². The molecule has 1 saturated heterocycles. The number of amides is 1. The van der Waals surface area contributed by atoms with Crippen LogP contribution in [0.4, 0.5) is 5.69 Å². The van der Waals surface area contributed by atoms with Crippen LogP contribution in [0.25, 0.3) is 0 Å². The van der Waals surface area contributed by atoms with Crippen molar-refractivity contribution in [1.82, 2.24) is 4.72 Å². The summed E-state index contributed by atoms with van der Waals surface area (Å²) < 4.78 is 31.8. The van der Waals surface area contributed by atoms with Crippen LogP contribution in [0.15, 0.2) is 29.2 Å². The number of nitrogens with zero attached hydrogens (tertiary/aromatic N) is 1. The molecule has 0 unspecified atom stereocenters. The van der Waals surface area contributed by atoms with Crippen molar-refractivity contribution in [2.24, 2.45) is 5.73 Å². The molecule has 1 heterocycles. The molecule has 1 aromatic carbocycles. The topological polar surface area (TPSA) is 142 Å². The Morgan fingerprint density at radius 2 is 2.18 bits per heavy atom. The van der Waals surface area contributed by atoms with Crippen LogP contribution in [0.5, 0.6) is 0 Å². The number of non-ortho nitro benzene ring substituents is 1. The van der Waals surface area contributed by atoms with Crippen molar-refractivity contribution in [2.75, 3.05) is 6.54 Å². The van der Waals surface area contributed by atoms with Crippen LogP contribution in [0.1, 0.15) is 12.8 Å². The Kier molecular flexibility index (Phi) is 4.74. The maximum atomic E-state index is 12.1. The van der Waals surface area contributed by atoms with Crippen LogP contribution in [0.2, 0.25) is 0 Å². The average Bonchev–Trinajstić information content (AvgIpc) is 2.94. The SMILES string of the molecule is NC(=O)[C@H]1CC[C@H](CNS(=O)(=O)c2cccc([N+](=O)[O-])c2)O1. The number of nitrogens with one attached hydrogen (secondary N) is 1. The molecule has 0 aromatic heterocycles. The fourth-order valence-corrected chi connectivity index (χ4v) is 3.22. The van der Waals surface area contributed by atoms with Gasteiger partial charge < -0.3 is 10.5 Å². The average molecular weight is 329 g/mol. The van der Waals surface area contributed by atoms with Crippen molar-refractivity contribution in [1.29, 1.82) is 0 Å². The number of sulfonamides is 1. The number of nitro benzene ring substituents is 1. The van der Waals surface area contributed by atoms with Gasteiger partial charge in [-0.25, -0.2) is 13.1 Å². The minimum Gasteiger partial charge on any atom is -0.367 e. The van der Waals surface area contributed by atoms with Gasteiger partial charge in [-0.3, -0.25) is 14.9 Å². The molecule has 120 valence electrons. The third kappa shape index (κ3) is 3.78. The van der Waals surface area contributed by atoms with Crippen LogP contribution >= 0.6 is 0 Å². The zero-order valence-corrected chi connectivity index (χ0v) is 12.3. The Bertz CT molecular complexity index is 690. The Morgan fingerprint density at radius 3 is 2.77 bits per heavy atom. The molecule has 1 aliphatic rings. The van der Waals surface area contributed by atoms with E-state index in [1.54, 1.807) is 0 Å². The van der Waals surface area contributed by atoms with Gasteiger partial charge in [0.05, 0.1) is 15.9 Å². The minimum atomic E-state index is -3.89. The zero-order chi connectivity index (χ0) is 16.3. The summed E-state index contributed by atoms with van der Waals surface area (Å²) in [4.78, 5) is 20.8. The van der Waals surface area contributed by atoms with E-state index in [4.69, 9.17) is 10.5 Å². The van der Waals surface area contributed by atoms with Crippen LogP contribution in [-0.2, 0) is 19.6 Å². The van der Waals surface area contributed by atoms with E-state index in [-0.39, 0.29) is 17.1 Å². The molecule has 1 aliphatic heterocycles. The summed E-state index contributed by atoms with van der Waals surface area (Å²) in [5.74, 6) is -0.580. The molecule has 0 radical (unpaired) electrons. The first kappa shape index (κ1) is 16.3. The second-order valence-electron chi connectivity index (χ2n) is 4.83. The smallest absolute Gasteiger partial charge is 0.270 e. The number of carbonyl (C=O) groups is 1. The van der Waals surface area contributed by atoms with Crippen molar-refractivity contribution in [3.63, 3.8) is 0 Å². The number of primary amides is 1. The van der Waals surface area contributed by atoms with Gasteiger partial charge in [0.25, 0.3) is 5.69 Å². The summed E-state index contributed by atoms with van der Waals surface area (Å²) in [5, 5.41) is 10.7. The molecule has 1 aromatic rings. The molecule has 0 spiro atoms. The van der Waals surface area contributed by atoms with Crippen LogP contribution in [0.3, 0.4) is 0 Å². The number of benzene rings is 1. The first-order valence-electron chi connectivity index (χ1n) is 6.48. The van der Waals surface area contributed by atoms with Crippen LogP contribution in [0, 0.1) is 10.1 Å². The van der Waals surface area contributed by atoms with Gasteiger partial charge in [0, 0.05) is 18.7 Å². The predicted molar refractivity (Wildman–Crippen MR) is 75.4 cm³/mol. The maximum absolute atomic E-state index is 12.1. The van der Waals surface area contributed by atoms with Gasteiger partial charge in [-0.1, -0.05) is 6.07 Å². The van der Waals surface area contributed by atoms with Crippen molar-refractivity contribution in [2.45, 2.75) is 29.9 Å². The van der Waals surface area contributed by atoms with Crippen molar-refractivity contribution in [3.8, 4) is 0 Å². The van der Waals surface area contributed by atoms with Gasteiger partial charge in [-0.05, 0) is 18.9 Å². The standard InChI is InChI=1S/C12H15N3O6S/c13-12(16)11-5-4-9(21-11)7-14-22(19,20)10-3-1-2-8(6-10)15(17)18/h1-3,6,9,11,14H,4-5,7H2,(H2,13,16)/t9-,11-/m1/s1. The molecule has 0 saturated carbocycles. The van der Waals surface area contributed by atoms with Gasteiger partial charge in [0.2, 0.25) is 15.9 Å². The highest BCUT2D eigenvalue weighted by molar-refractivity contribution is 7.89. The van der Waals surface area contributed by atoms with E-state index in [0.717, 1.165) is 6.07 Å². The van der Waals surface area contributed by atoms with Crippen molar-refractivity contribution < 1.29 is 22.9 Å². The second kappa shape index (κ2) is 6.38. The molecule has 0 bridgehead atoms. The molecule has 2 rings (SSSR count). The first-order chi connectivity index (χ1) is 10.3. The summed E-state index contributed by atoms with van der Waals surface area (Å²) in [6, 6.07) is 4.74. The molecule has 2 atom stereocenters. The van der Waals surface area contributed by atoms with E-state index in [1.807, 2.05) is 0 Å². The molecule has 9 nitrogen and oxygen atoms in total. The highest BCUT2D eigenvalue weighted by atomic mass is 32.2. The highest BCUT2D eigenvalue weighted by Gasteiger charge is 2.30. The van der Waals surface area contributed by atoms with Crippen LogP contribution < -0.4 is 10.5 Å². The molecule has 3 N–H and O–H groups in total. The fourth-order valence-electron chi connectivity index (χ4n) is 2.12. The normalized spacial score (nSPS) is 21.6. The number of hydrogen-bond donors (Lipinski definition) is 2. The Balaban J connectivity index is 2.01. The van der Waals surface area contributed by atoms with Gasteiger partial charge in [-0.15, -0.1) is 0 Å². The van der Waals surface area contributed by atoms with Gasteiger partial charge >= 0.3 is 0 Å². The lowest BCUT2D eigenvalue weighted by atomic mass is 10.2. The third-order valence-electron chi connectivity index (χ3n) is 3.26. The number of rotatable bonds is 6. The summed E-state index contributed by atoms with van der Waals surface area (Å²) in [6.45, 7) is -0.0329. The molecule has 10 heteroatoms. The number of carbonyl (C=O) groups excluding carboxylic acids is 1. The van der Waals surface area contributed by atoms with E-state index in [1.165, 1.54) is 18.2 Å². The van der Waals surface area contributed by atoms with Crippen molar-refractivity contribution >= 4 is 21.6 Å². The van der Waals surface area contributed by atoms with E-state index in [0.29, 0.717) is 12.8 Å². The lowest BCUT2D eigenvalue weighted by molar-refractivity contribution is -0.385. The molecule has 1 fully saturated rings. The van der Waals surface area contributed by atoms with Gasteiger partial charge in [-0.2, -0.15) is 0 Å². The number of nitrogens with two attached hydrogens (primary N) is 1. The fraction of sp³-hybridized carbons (Fsp3) is 0.417. The predicted octanol–water partition coefficient (Wildman–Crippen LogP) is -0.0940. The number of ether oxygens (including phenoxy) is 1. The zero-order valence-electron chi connectivity index (χ0n) is 11.5. The third-order valence-corrected chi connectivity index (χ3v) is 4.69. The van der Waals surface area contributed by atoms with Gasteiger partial charge in [0.15, 0.2) is 0 Å². The molecule has 22 heavy (non-hydrogen) atoms.